The Hall–Kier alpha value is 0.310. The summed E-state index contributed by atoms with van der Waals surface area (Å²) in [5.74, 6) is 3.57. The van der Waals surface area contributed by atoms with Gasteiger partial charge in [-0.05, 0) is 50.0 Å². The molecular formula is C13H27NS. The number of nitrogens with one attached hydrogen (secondary N) is 1. The third kappa shape index (κ3) is 5.26. The first-order valence-electron chi connectivity index (χ1n) is 6.60. The molecule has 0 amide bonds. The molecule has 1 aliphatic carbocycles. The minimum atomic E-state index is 0.713. The fourth-order valence-electron chi connectivity index (χ4n) is 2.49. The molecule has 1 nitrogen and oxygen atoms in total. The van der Waals surface area contributed by atoms with Crippen LogP contribution in [0.15, 0.2) is 0 Å². The van der Waals surface area contributed by atoms with E-state index in [9.17, 15) is 0 Å². The summed E-state index contributed by atoms with van der Waals surface area (Å²) in [6, 6.07) is 1.53. The van der Waals surface area contributed by atoms with Crippen molar-refractivity contribution in [3.63, 3.8) is 0 Å². The van der Waals surface area contributed by atoms with Crippen LogP contribution in [-0.4, -0.2) is 23.6 Å². The standard InChI is InChI=1S/C13H27NS/c1-4-12-6-7-13(10-12)14-11(3)8-9-15-5-2/h11-14H,4-10H2,1-3H3. The minimum absolute atomic E-state index is 0.713. The summed E-state index contributed by atoms with van der Waals surface area (Å²) < 4.78 is 0. The maximum absolute atomic E-state index is 3.79. The van der Waals surface area contributed by atoms with Crippen molar-refractivity contribution in [1.82, 2.24) is 5.32 Å². The molecule has 1 aliphatic rings. The average molecular weight is 229 g/mol. The van der Waals surface area contributed by atoms with Crippen LogP contribution in [0.25, 0.3) is 0 Å². The van der Waals surface area contributed by atoms with E-state index in [1.165, 1.54) is 43.6 Å². The molecule has 0 aliphatic heterocycles. The van der Waals surface area contributed by atoms with Crippen LogP contribution < -0.4 is 5.32 Å². The predicted molar refractivity (Wildman–Crippen MR) is 71.6 cm³/mol. The third-order valence-electron chi connectivity index (χ3n) is 3.54. The second-order valence-corrected chi connectivity index (χ2v) is 6.23. The van der Waals surface area contributed by atoms with Crippen LogP contribution in [-0.2, 0) is 0 Å². The highest BCUT2D eigenvalue weighted by atomic mass is 32.2. The van der Waals surface area contributed by atoms with Gasteiger partial charge in [0, 0.05) is 12.1 Å². The summed E-state index contributed by atoms with van der Waals surface area (Å²) in [7, 11) is 0. The first-order chi connectivity index (χ1) is 7.26. The van der Waals surface area contributed by atoms with Gasteiger partial charge < -0.3 is 5.32 Å². The third-order valence-corrected chi connectivity index (χ3v) is 4.47. The average Bonchev–Trinajstić information content (AvgIpc) is 2.66. The normalized spacial score (nSPS) is 28.2. The highest BCUT2D eigenvalue weighted by molar-refractivity contribution is 7.99. The fourth-order valence-corrected chi connectivity index (χ4v) is 3.30. The molecular weight excluding hydrogens is 202 g/mol. The van der Waals surface area contributed by atoms with Crippen molar-refractivity contribution in [3.05, 3.63) is 0 Å². The zero-order valence-electron chi connectivity index (χ0n) is 10.6. The quantitative estimate of drug-likeness (QED) is 0.668. The van der Waals surface area contributed by atoms with Crippen LogP contribution in [0.2, 0.25) is 0 Å². The van der Waals surface area contributed by atoms with Crippen molar-refractivity contribution in [1.29, 1.82) is 0 Å². The Bertz CT molecular complexity index is 161. The van der Waals surface area contributed by atoms with E-state index >= 15 is 0 Å². The van der Waals surface area contributed by atoms with Crippen LogP contribution in [0.1, 0.15) is 52.9 Å². The lowest BCUT2D eigenvalue weighted by atomic mass is 10.1. The van der Waals surface area contributed by atoms with Gasteiger partial charge in [0.1, 0.15) is 0 Å². The molecule has 0 heterocycles. The number of rotatable bonds is 7. The van der Waals surface area contributed by atoms with E-state index in [2.05, 4.69) is 37.8 Å². The second kappa shape index (κ2) is 7.56. The van der Waals surface area contributed by atoms with Gasteiger partial charge in [0.15, 0.2) is 0 Å². The lowest BCUT2D eigenvalue weighted by Gasteiger charge is -2.19. The number of hydrogen-bond acceptors (Lipinski definition) is 2. The summed E-state index contributed by atoms with van der Waals surface area (Å²) in [6.45, 7) is 6.91. The summed E-state index contributed by atoms with van der Waals surface area (Å²) in [6.07, 6.45) is 6.97. The van der Waals surface area contributed by atoms with E-state index in [4.69, 9.17) is 0 Å². The molecule has 0 aromatic rings. The van der Waals surface area contributed by atoms with Gasteiger partial charge in [-0.3, -0.25) is 0 Å². The first-order valence-corrected chi connectivity index (χ1v) is 7.75. The number of hydrogen-bond donors (Lipinski definition) is 1. The second-order valence-electron chi connectivity index (χ2n) is 4.84. The Labute approximate surface area is 99.8 Å². The molecule has 1 fully saturated rings. The van der Waals surface area contributed by atoms with Crippen LogP contribution in [0.4, 0.5) is 0 Å². The monoisotopic (exact) mass is 229 g/mol. The molecule has 2 heteroatoms. The molecule has 0 saturated heterocycles. The van der Waals surface area contributed by atoms with E-state index in [1.807, 2.05) is 0 Å². The molecule has 0 aromatic heterocycles. The molecule has 0 radical (unpaired) electrons. The van der Waals surface area contributed by atoms with Crippen LogP contribution >= 0.6 is 11.8 Å². The Morgan fingerprint density at radius 3 is 2.73 bits per heavy atom. The Kier molecular flexibility index (Phi) is 6.74. The van der Waals surface area contributed by atoms with E-state index in [0.717, 1.165) is 12.0 Å². The summed E-state index contributed by atoms with van der Waals surface area (Å²) in [5, 5.41) is 3.79. The summed E-state index contributed by atoms with van der Waals surface area (Å²) in [4.78, 5) is 0. The lowest BCUT2D eigenvalue weighted by molar-refractivity contribution is 0.425. The Morgan fingerprint density at radius 1 is 1.33 bits per heavy atom. The zero-order valence-corrected chi connectivity index (χ0v) is 11.4. The molecule has 1 N–H and O–H groups in total. The van der Waals surface area contributed by atoms with E-state index in [-0.39, 0.29) is 0 Å². The molecule has 1 saturated carbocycles. The van der Waals surface area contributed by atoms with E-state index in [1.54, 1.807) is 0 Å². The summed E-state index contributed by atoms with van der Waals surface area (Å²) in [5.41, 5.74) is 0. The smallest absolute Gasteiger partial charge is 0.00722 e. The molecule has 1 rings (SSSR count). The first kappa shape index (κ1) is 13.4. The van der Waals surface area contributed by atoms with Gasteiger partial charge in [-0.25, -0.2) is 0 Å². The van der Waals surface area contributed by atoms with Gasteiger partial charge in [0.05, 0.1) is 0 Å². The zero-order chi connectivity index (χ0) is 11.1. The maximum Gasteiger partial charge on any atom is 0.00722 e. The van der Waals surface area contributed by atoms with Crippen molar-refractivity contribution in [3.8, 4) is 0 Å². The molecule has 0 spiro atoms. The van der Waals surface area contributed by atoms with Crippen molar-refractivity contribution < 1.29 is 0 Å². The highest BCUT2D eigenvalue weighted by Gasteiger charge is 2.23. The Morgan fingerprint density at radius 2 is 2.13 bits per heavy atom. The van der Waals surface area contributed by atoms with Gasteiger partial charge >= 0.3 is 0 Å². The van der Waals surface area contributed by atoms with Crippen LogP contribution in [0.3, 0.4) is 0 Å². The molecule has 90 valence electrons. The SMILES string of the molecule is CCSCCC(C)NC1CCC(CC)C1. The van der Waals surface area contributed by atoms with E-state index in [0.29, 0.717) is 6.04 Å². The van der Waals surface area contributed by atoms with E-state index < -0.39 is 0 Å². The Balaban J connectivity index is 2.07. The minimum Gasteiger partial charge on any atom is -0.311 e. The molecule has 3 atom stereocenters. The molecule has 0 aromatic carbocycles. The van der Waals surface area contributed by atoms with Crippen LogP contribution in [0.5, 0.6) is 0 Å². The fraction of sp³-hybridized carbons (Fsp3) is 1.00. The van der Waals surface area contributed by atoms with Gasteiger partial charge in [-0.2, -0.15) is 11.8 Å². The van der Waals surface area contributed by atoms with Gasteiger partial charge in [0.25, 0.3) is 0 Å². The van der Waals surface area contributed by atoms with Gasteiger partial charge in [0.2, 0.25) is 0 Å². The number of thioether (sulfide) groups is 1. The van der Waals surface area contributed by atoms with Gasteiger partial charge in [-0.15, -0.1) is 0 Å². The molecule has 0 bridgehead atoms. The topological polar surface area (TPSA) is 12.0 Å². The molecule has 3 unspecified atom stereocenters. The van der Waals surface area contributed by atoms with Crippen LogP contribution in [0, 0.1) is 5.92 Å². The lowest BCUT2D eigenvalue weighted by Crippen LogP contribution is -2.35. The van der Waals surface area contributed by atoms with Crippen molar-refractivity contribution in [2.75, 3.05) is 11.5 Å². The van der Waals surface area contributed by atoms with Gasteiger partial charge in [-0.1, -0.05) is 20.3 Å². The largest absolute Gasteiger partial charge is 0.311 e. The molecule has 15 heavy (non-hydrogen) atoms. The van der Waals surface area contributed by atoms with Crippen molar-refractivity contribution in [2.45, 2.75) is 65.0 Å². The predicted octanol–water partition coefficient (Wildman–Crippen LogP) is 3.69. The van der Waals surface area contributed by atoms with Crippen molar-refractivity contribution >= 4 is 11.8 Å². The van der Waals surface area contributed by atoms with Crippen molar-refractivity contribution in [2.24, 2.45) is 5.92 Å². The highest BCUT2D eigenvalue weighted by Crippen LogP contribution is 2.28. The summed E-state index contributed by atoms with van der Waals surface area (Å²) >= 11 is 2.06. The maximum atomic E-state index is 3.79.